The quantitative estimate of drug-likeness (QED) is 0.246. The predicted octanol–water partition coefficient (Wildman–Crippen LogP) is 6.72. The van der Waals surface area contributed by atoms with E-state index >= 15 is 0 Å². The SMILES string of the molecule is C1=Cc2cc3ccc(cc4nc(cc5ccc(cc1n2)[nH]5)C=C4)[nH]3.[Cl][Fe]([Cl])[Cl]. The molecule has 0 saturated carbocycles. The minimum atomic E-state index is -1.33. The molecular formula is C20H14Cl3FeN4. The number of nitrogens with one attached hydrogen (secondary N) is 2. The molecule has 8 heteroatoms. The van der Waals surface area contributed by atoms with Crippen LogP contribution in [0.4, 0.5) is 0 Å². The van der Waals surface area contributed by atoms with E-state index in [1.54, 1.807) is 0 Å². The van der Waals surface area contributed by atoms with Crippen molar-refractivity contribution in [2.45, 2.75) is 0 Å². The normalized spacial score (nSPS) is 12.5. The molecule has 2 N–H and O–H groups in total. The van der Waals surface area contributed by atoms with Gasteiger partial charge in [-0.25, -0.2) is 9.97 Å². The minimum absolute atomic E-state index is 0.939. The van der Waals surface area contributed by atoms with Gasteiger partial charge in [0.25, 0.3) is 0 Å². The molecular weight excluding hydrogens is 458 g/mol. The van der Waals surface area contributed by atoms with Gasteiger partial charge in [-0.1, -0.05) is 0 Å². The molecule has 8 bridgehead atoms. The van der Waals surface area contributed by atoms with Crippen LogP contribution < -0.4 is 0 Å². The zero-order chi connectivity index (χ0) is 19.5. The van der Waals surface area contributed by atoms with Crippen LogP contribution in [0.25, 0.3) is 46.4 Å². The zero-order valence-electron chi connectivity index (χ0n) is 14.3. The van der Waals surface area contributed by atoms with E-state index < -0.39 is 11.2 Å². The van der Waals surface area contributed by atoms with Crippen molar-refractivity contribution in [3.8, 4) is 0 Å². The number of halogens is 3. The third kappa shape index (κ3) is 5.07. The number of hydrogen-bond acceptors (Lipinski definition) is 2. The van der Waals surface area contributed by atoms with Gasteiger partial charge >= 0.3 is 41.5 Å². The Balaban J connectivity index is 0.000000442. The van der Waals surface area contributed by atoms with Crippen LogP contribution in [0, 0.1) is 0 Å². The Morgan fingerprint density at radius 3 is 1.04 bits per heavy atom. The summed E-state index contributed by atoms with van der Waals surface area (Å²) in [6.45, 7) is 0. The van der Waals surface area contributed by atoms with E-state index in [1.807, 2.05) is 48.6 Å². The van der Waals surface area contributed by atoms with Crippen molar-refractivity contribution >= 4 is 76.7 Å². The second-order valence-corrected chi connectivity index (χ2v) is 11.5. The first-order valence-electron chi connectivity index (χ1n) is 8.25. The first kappa shape index (κ1) is 19.3. The Morgan fingerprint density at radius 2 is 0.786 bits per heavy atom. The van der Waals surface area contributed by atoms with E-state index in [4.69, 9.17) is 30.3 Å². The second kappa shape index (κ2) is 8.56. The van der Waals surface area contributed by atoms with Crippen molar-refractivity contribution in [2.24, 2.45) is 0 Å². The van der Waals surface area contributed by atoms with Gasteiger partial charge in [0, 0.05) is 22.1 Å². The summed E-state index contributed by atoms with van der Waals surface area (Å²) in [6, 6.07) is 16.4. The van der Waals surface area contributed by atoms with Crippen LogP contribution in [0.1, 0.15) is 22.8 Å². The summed E-state index contributed by atoms with van der Waals surface area (Å²) < 4.78 is 0. The van der Waals surface area contributed by atoms with Gasteiger partial charge in [-0.2, -0.15) is 0 Å². The van der Waals surface area contributed by atoms with Crippen molar-refractivity contribution < 1.29 is 11.2 Å². The number of hydrogen-bond donors (Lipinski definition) is 2. The fraction of sp³-hybridized carbons (Fsp3) is 0. The average Bonchev–Trinajstić information content (AvgIpc) is 3.39. The van der Waals surface area contributed by atoms with Crippen LogP contribution in [-0.2, 0) is 11.2 Å². The fourth-order valence-electron chi connectivity index (χ4n) is 2.94. The van der Waals surface area contributed by atoms with Gasteiger partial charge in [-0.15, -0.1) is 0 Å². The molecule has 0 unspecified atom stereocenters. The monoisotopic (exact) mass is 471 g/mol. The summed E-state index contributed by atoms with van der Waals surface area (Å²) in [4.78, 5) is 16.0. The molecule has 0 atom stereocenters. The summed E-state index contributed by atoms with van der Waals surface area (Å²) in [5.41, 5.74) is 7.86. The molecule has 0 saturated heterocycles. The summed E-state index contributed by atoms with van der Waals surface area (Å²) in [6.07, 6.45) is 8.09. The fourth-order valence-corrected chi connectivity index (χ4v) is 2.94. The van der Waals surface area contributed by atoms with Crippen molar-refractivity contribution in [1.82, 2.24) is 19.9 Å². The Morgan fingerprint density at radius 1 is 0.536 bits per heavy atom. The van der Waals surface area contributed by atoms with Gasteiger partial charge in [-0.3, -0.25) is 0 Å². The number of rotatable bonds is 0. The second-order valence-electron chi connectivity index (χ2n) is 6.06. The Hall–Kier alpha value is -2.01. The zero-order valence-corrected chi connectivity index (χ0v) is 17.7. The van der Waals surface area contributed by atoms with Crippen molar-refractivity contribution in [3.05, 3.63) is 71.3 Å². The number of fused-ring (bicyclic) bond motifs is 8. The van der Waals surface area contributed by atoms with Gasteiger partial charge in [0.05, 0.1) is 22.8 Å². The van der Waals surface area contributed by atoms with Gasteiger partial charge in [0.15, 0.2) is 0 Å². The molecule has 3 aromatic heterocycles. The average molecular weight is 473 g/mol. The number of aromatic nitrogens is 4. The predicted molar refractivity (Wildman–Crippen MR) is 116 cm³/mol. The molecule has 2 aliphatic heterocycles. The van der Waals surface area contributed by atoms with Crippen LogP contribution >= 0.6 is 30.3 Å². The van der Waals surface area contributed by atoms with Crippen LogP contribution in [0.15, 0.2) is 48.5 Å². The van der Waals surface area contributed by atoms with Crippen LogP contribution in [0.5, 0.6) is 0 Å². The summed E-state index contributed by atoms with van der Waals surface area (Å²) in [5, 5.41) is 0. The molecule has 143 valence electrons. The van der Waals surface area contributed by atoms with Gasteiger partial charge in [0.2, 0.25) is 0 Å². The van der Waals surface area contributed by atoms with E-state index in [-0.39, 0.29) is 0 Å². The maximum atomic E-state index is 4.89. The molecule has 2 aliphatic rings. The number of aromatic amines is 2. The van der Waals surface area contributed by atoms with Crippen molar-refractivity contribution in [2.75, 3.05) is 0 Å². The third-order valence-corrected chi connectivity index (χ3v) is 4.04. The van der Waals surface area contributed by atoms with Gasteiger partial charge in [-0.05, 0) is 72.8 Å². The summed E-state index contributed by atoms with van der Waals surface area (Å²) in [5.74, 6) is 0. The summed E-state index contributed by atoms with van der Waals surface area (Å²) >= 11 is -1.33. The molecule has 0 amide bonds. The molecule has 5 heterocycles. The molecule has 28 heavy (non-hydrogen) atoms. The topological polar surface area (TPSA) is 57.4 Å². The third-order valence-electron chi connectivity index (χ3n) is 4.04. The molecule has 5 rings (SSSR count). The molecule has 0 aromatic carbocycles. The van der Waals surface area contributed by atoms with Gasteiger partial charge in [0.1, 0.15) is 0 Å². The molecule has 3 aromatic rings. The first-order chi connectivity index (χ1) is 13.5. The van der Waals surface area contributed by atoms with Crippen LogP contribution in [0.3, 0.4) is 0 Å². The maximum absolute atomic E-state index is 4.89. The van der Waals surface area contributed by atoms with E-state index in [9.17, 15) is 0 Å². The Bertz CT molecular complexity index is 1050. The summed E-state index contributed by atoms with van der Waals surface area (Å²) in [7, 11) is 14.7. The Kier molecular flexibility index (Phi) is 5.90. The van der Waals surface area contributed by atoms with Gasteiger partial charge < -0.3 is 9.97 Å². The first-order valence-corrected chi connectivity index (χ1v) is 12.8. The van der Waals surface area contributed by atoms with Crippen molar-refractivity contribution in [1.29, 1.82) is 0 Å². The molecule has 0 radical (unpaired) electrons. The van der Waals surface area contributed by atoms with Crippen LogP contribution in [0.2, 0.25) is 0 Å². The molecule has 4 nitrogen and oxygen atoms in total. The van der Waals surface area contributed by atoms with E-state index in [1.165, 1.54) is 0 Å². The van der Waals surface area contributed by atoms with E-state index in [0.717, 1.165) is 44.8 Å². The van der Waals surface area contributed by atoms with Crippen molar-refractivity contribution in [3.63, 3.8) is 0 Å². The van der Waals surface area contributed by atoms with E-state index in [2.05, 4.69) is 44.2 Å². The Labute approximate surface area is 178 Å². The molecule has 0 spiro atoms. The van der Waals surface area contributed by atoms with Crippen LogP contribution in [-0.4, -0.2) is 19.9 Å². The molecule has 0 fully saturated rings. The molecule has 0 aliphatic carbocycles. The van der Waals surface area contributed by atoms with E-state index in [0.29, 0.717) is 0 Å². The number of nitrogens with zero attached hydrogens (tertiary/aromatic N) is 2. The number of H-pyrrole nitrogens is 2. The standard InChI is InChI=1S/C20H14N4.3ClH.Fe/c1-2-14-10-16-5-6-18(23-16)12-20-8-7-19(24-20)11-17-4-3-15(22-17)9-13(1)21-14;;;;/h1-12,21,24H;3*1H;/q;;;;+3/p-3.